The zero-order valence-electron chi connectivity index (χ0n) is 21.4. The molecule has 0 fully saturated rings. The molecule has 3 aromatic rings. The van der Waals surface area contributed by atoms with Crippen LogP contribution in [0.4, 0.5) is 0 Å². The lowest BCUT2D eigenvalue weighted by Gasteiger charge is -2.16. The van der Waals surface area contributed by atoms with Gasteiger partial charge in [-0.25, -0.2) is 4.98 Å². The normalized spacial score (nSPS) is 12.0. The van der Waals surface area contributed by atoms with Gasteiger partial charge in [-0.2, -0.15) is 4.98 Å². The fraction of sp³-hybridized carbons (Fsp3) is 0.462. The molecule has 1 aromatic carbocycles. The molecule has 1 atom stereocenters. The van der Waals surface area contributed by atoms with E-state index in [1.165, 1.54) is 0 Å². The Morgan fingerprint density at radius 2 is 1.81 bits per heavy atom. The fourth-order valence-electron chi connectivity index (χ4n) is 3.95. The van der Waals surface area contributed by atoms with Crippen molar-refractivity contribution < 1.29 is 29.0 Å². The standard InChI is InChI=1S/C26H34N4O6/c1-6-17(7-2)21-10-20(34-5)11-22(28-21)26-29-25(30-36-26)18-8-15(3)24(16(4)9-18)35-14-19(32)12-27-23(33)13-31/h8-11,17,19,31-32H,6-7,12-14H2,1-5H3,(H,27,33)/t19-/m0/s1. The van der Waals surface area contributed by atoms with Gasteiger partial charge in [0.2, 0.25) is 11.7 Å². The van der Waals surface area contributed by atoms with Gasteiger partial charge < -0.3 is 29.5 Å². The molecule has 2 heterocycles. The Bertz CT molecular complexity index is 1150. The van der Waals surface area contributed by atoms with E-state index in [-0.39, 0.29) is 13.2 Å². The molecule has 0 saturated carbocycles. The molecule has 10 heteroatoms. The van der Waals surface area contributed by atoms with Gasteiger partial charge in [-0.15, -0.1) is 0 Å². The first-order chi connectivity index (χ1) is 17.3. The van der Waals surface area contributed by atoms with Gasteiger partial charge in [-0.05, 0) is 49.9 Å². The molecule has 0 aliphatic heterocycles. The first-order valence-electron chi connectivity index (χ1n) is 12.0. The van der Waals surface area contributed by atoms with Crippen LogP contribution in [0.1, 0.15) is 49.4 Å². The summed E-state index contributed by atoms with van der Waals surface area (Å²) in [7, 11) is 1.62. The van der Waals surface area contributed by atoms with Crippen molar-refractivity contribution in [1.82, 2.24) is 20.4 Å². The minimum absolute atomic E-state index is 0.0144. The van der Waals surface area contributed by atoms with Crippen LogP contribution in [0.25, 0.3) is 23.0 Å². The number of carbonyl (C=O) groups excluding carboxylic acids is 1. The third-order valence-corrected chi connectivity index (χ3v) is 5.92. The van der Waals surface area contributed by atoms with Gasteiger partial charge in [0.1, 0.15) is 36.5 Å². The molecule has 36 heavy (non-hydrogen) atoms. The first kappa shape index (κ1) is 27.1. The second kappa shape index (κ2) is 12.5. The molecule has 194 valence electrons. The van der Waals surface area contributed by atoms with Crippen molar-refractivity contribution in [3.05, 3.63) is 41.1 Å². The van der Waals surface area contributed by atoms with Gasteiger partial charge in [0.15, 0.2) is 0 Å². The summed E-state index contributed by atoms with van der Waals surface area (Å²) < 4.78 is 16.8. The maximum Gasteiger partial charge on any atom is 0.276 e. The van der Waals surface area contributed by atoms with Crippen molar-refractivity contribution in [3.63, 3.8) is 0 Å². The monoisotopic (exact) mass is 498 g/mol. The van der Waals surface area contributed by atoms with Crippen molar-refractivity contribution in [1.29, 1.82) is 0 Å². The number of pyridine rings is 1. The molecule has 0 aliphatic rings. The number of aromatic nitrogens is 3. The van der Waals surface area contributed by atoms with Crippen molar-refractivity contribution >= 4 is 5.91 Å². The Kier molecular flexibility index (Phi) is 9.38. The van der Waals surface area contributed by atoms with Crippen LogP contribution in [0.2, 0.25) is 0 Å². The zero-order chi connectivity index (χ0) is 26.2. The molecule has 3 rings (SSSR count). The molecular weight excluding hydrogens is 464 g/mol. The highest BCUT2D eigenvalue weighted by Crippen LogP contribution is 2.32. The molecule has 0 unspecified atom stereocenters. The van der Waals surface area contributed by atoms with Gasteiger partial charge in [-0.1, -0.05) is 19.0 Å². The van der Waals surface area contributed by atoms with E-state index < -0.39 is 18.6 Å². The van der Waals surface area contributed by atoms with Crippen LogP contribution >= 0.6 is 0 Å². The molecule has 3 N–H and O–H groups in total. The van der Waals surface area contributed by atoms with Crippen molar-refractivity contribution in [3.8, 4) is 34.5 Å². The molecule has 0 bridgehead atoms. The average molecular weight is 499 g/mol. The van der Waals surface area contributed by atoms with Crippen molar-refractivity contribution in [2.24, 2.45) is 0 Å². The van der Waals surface area contributed by atoms with Crippen LogP contribution in [-0.2, 0) is 4.79 Å². The van der Waals surface area contributed by atoms with E-state index in [0.717, 1.165) is 35.2 Å². The topological polar surface area (TPSA) is 140 Å². The summed E-state index contributed by atoms with van der Waals surface area (Å²) in [5, 5.41) is 25.3. The lowest BCUT2D eigenvalue weighted by molar-refractivity contribution is -0.124. The van der Waals surface area contributed by atoms with E-state index >= 15 is 0 Å². The fourth-order valence-corrected chi connectivity index (χ4v) is 3.95. The number of amides is 1. The average Bonchev–Trinajstić information content (AvgIpc) is 3.37. The predicted molar refractivity (Wildman–Crippen MR) is 134 cm³/mol. The third-order valence-electron chi connectivity index (χ3n) is 5.92. The molecular formula is C26H34N4O6. The molecule has 2 aromatic heterocycles. The van der Waals surface area contributed by atoms with Gasteiger partial charge in [-0.3, -0.25) is 4.79 Å². The van der Waals surface area contributed by atoms with Gasteiger partial charge in [0.05, 0.1) is 7.11 Å². The summed E-state index contributed by atoms with van der Waals surface area (Å²) in [5.74, 6) is 1.79. The number of benzene rings is 1. The van der Waals surface area contributed by atoms with Gasteiger partial charge in [0, 0.05) is 35.9 Å². The number of methoxy groups -OCH3 is 1. The van der Waals surface area contributed by atoms with E-state index in [1.54, 1.807) is 13.2 Å². The number of hydrogen-bond acceptors (Lipinski definition) is 9. The Labute approximate surface area is 210 Å². The summed E-state index contributed by atoms with van der Waals surface area (Å²) in [6.07, 6.45) is 1.01. The Morgan fingerprint density at radius 3 is 2.42 bits per heavy atom. The molecule has 1 amide bonds. The number of aryl methyl sites for hydroxylation is 2. The number of ether oxygens (including phenoxy) is 2. The number of aliphatic hydroxyl groups is 2. The zero-order valence-corrected chi connectivity index (χ0v) is 21.4. The minimum atomic E-state index is -0.918. The van der Waals surface area contributed by atoms with Crippen molar-refractivity contribution in [2.75, 3.05) is 26.9 Å². The molecule has 0 radical (unpaired) electrons. The Hall–Kier alpha value is -3.50. The van der Waals surface area contributed by atoms with Gasteiger partial charge in [0.25, 0.3) is 5.89 Å². The maximum absolute atomic E-state index is 11.1. The molecule has 0 spiro atoms. The number of aliphatic hydroxyl groups excluding tert-OH is 2. The highest BCUT2D eigenvalue weighted by Gasteiger charge is 2.19. The third kappa shape index (κ3) is 6.58. The van der Waals surface area contributed by atoms with E-state index in [4.69, 9.17) is 24.1 Å². The van der Waals surface area contributed by atoms with E-state index in [1.807, 2.05) is 32.0 Å². The summed E-state index contributed by atoms with van der Waals surface area (Å²) in [6.45, 7) is 7.38. The Balaban J connectivity index is 1.79. The summed E-state index contributed by atoms with van der Waals surface area (Å²) in [4.78, 5) is 20.5. The Morgan fingerprint density at radius 1 is 1.11 bits per heavy atom. The number of carbonyl (C=O) groups is 1. The van der Waals surface area contributed by atoms with Crippen LogP contribution in [0.15, 0.2) is 28.8 Å². The van der Waals surface area contributed by atoms with Crippen LogP contribution in [0.5, 0.6) is 11.5 Å². The van der Waals surface area contributed by atoms with Crippen LogP contribution in [0.3, 0.4) is 0 Å². The molecule has 0 aliphatic carbocycles. The molecule has 0 saturated heterocycles. The lowest BCUT2D eigenvalue weighted by Crippen LogP contribution is -2.36. The SMILES string of the molecule is CCC(CC)c1cc(OC)cc(-c2nc(-c3cc(C)c(OC[C@@H](O)CNC(=O)CO)c(C)c3)no2)n1. The van der Waals surface area contributed by atoms with Crippen LogP contribution in [0, 0.1) is 13.8 Å². The van der Waals surface area contributed by atoms with Crippen LogP contribution in [-0.4, -0.2) is 64.2 Å². The van der Waals surface area contributed by atoms with Crippen molar-refractivity contribution in [2.45, 2.75) is 52.6 Å². The number of hydrogen-bond donors (Lipinski definition) is 3. The summed E-state index contributed by atoms with van der Waals surface area (Å²) in [5.41, 5.74) is 3.91. The number of rotatable bonds is 12. The molecule has 10 nitrogen and oxygen atoms in total. The van der Waals surface area contributed by atoms with E-state index in [9.17, 15) is 9.90 Å². The highest BCUT2D eigenvalue weighted by molar-refractivity contribution is 5.76. The largest absolute Gasteiger partial charge is 0.497 e. The second-order valence-electron chi connectivity index (χ2n) is 8.62. The highest BCUT2D eigenvalue weighted by atomic mass is 16.5. The summed E-state index contributed by atoms with van der Waals surface area (Å²) in [6, 6.07) is 7.49. The number of nitrogens with one attached hydrogen (secondary N) is 1. The smallest absolute Gasteiger partial charge is 0.276 e. The number of nitrogens with zero attached hydrogens (tertiary/aromatic N) is 3. The van der Waals surface area contributed by atoms with E-state index in [0.29, 0.717) is 34.8 Å². The lowest BCUT2D eigenvalue weighted by atomic mass is 9.98. The quantitative estimate of drug-likeness (QED) is 0.343. The predicted octanol–water partition coefficient (Wildman–Crippen LogP) is 3.18. The maximum atomic E-state index is 11.1. The van der Waals surface area contributed by atoms with Gasteiger partial charge >= 0.3 is 0 Å². The van der Waals surface area contributed by atoms with Crippen LogP contribution < -0.4 is 14.8 Å². The summed E-state index contributed by atoms with van der Waals surface area (Å²) >= 11 is 0. The van der Waals surface area contributed by atoms with E-state index in [2.05, 4.69) is 29.3 Å². The first-order valence-corrected chi connectivity index (χ1v) is 12.0. The second-order valence-corrected chi connectivity index (χ2v) is 8.62. The minimum Gasteiger partial charge on any atom is -0.497 e.